The maximum atomic E-state index is 12.0. The second-order valence-corrected chi connectivity index (χ2v) is 4.81. The average Bonchev–Trinajstić information content (AvgIpc) is 2.46. The molecular formula is C16H23N3O. The molecule has 1 atom stereocenters. The van der Waals surface area contributed by atoms with E-state index in [0.29, 0.717) is 12.2 Å². The summed E-state index contributed by atoms with van der Waals surface area (Å²) in [5, 5.41) is 2.96. The van der Waals surface area contributed by atoms with Crippen LogP contribution in [0.15, 0.2) is 18.3 Å². The van der Waals surface area contributed by atoms with Crippen LogP contribution < -0.4 is 11.1 Å². The molecular weight excluding hydrogens is 250 g/mol. The molecule has 0 bridgehead atoms. The third-order valence-electron chi connectivity index (χ3n) is 2.95. The lowest BCUT2D eigenvalue weighted by atomic mass is 10.1. The van der Waals surface area contributed by atoms with E-state index in [1.165, 1.54) is 12.8 Å². The van der Waals surface area contributed by atoms with Gasteiger partial charge < -0.3 is 11.1 Å². The predicted molar refractivity (Wildman–Crippen MR) is 81.2 cm³/mol. The number of amides is 1. The summed E-state index contributed by atoms with van der Waals surface area (Å²) in [6, 6.07) is 3.65. The molecule has 1 unspecified atom stereocenters. The summed E-state index contributed by atoms with van der Waals surface area (Å²) in [4.78, 5) is 16.1. The van der Waals surface area contributed by atoms with Gasteiger partial charge in [0, 0.05) is 17.8 Å². The molecule has 0 radical (unpaired) electrons. The molecule has 20 heavy (non-hydrogen) atoms. The van der Waals surface area contributed by atoms with Crippen LogP contribution in [0.2, 0.25) is 0 Å². The van der Waals surface area contributed by atoms with Crippen LogP contribution in [0.3, 0.4) is 0 Å². The summed E-state index contributed by atoms with van der Waals surface area (Å²) in [6.07, 6.45) is 6.12. The SMILES string of the molecule is CCCCCC(C)NC(=O)c1ccc(C#CCN)cn1. The zero-order valence-corrected chi connectivity index (χ0v) is 12.3. The van der Waals surface area contributed by atoms with E-state index in [1.807, 2.05) is 6.92 Å². The largest absolute Gasteiger partial charge is 0.348 e. The Morgan fingerprint density at radius 3 is 2.85 bits per heavy atom. The molecule has 1 rings (SSSR count). The van der Waals surface area contributed by atoms with E-state index in [-0.39, 0.29) is 11.9 Å². The lowest BCUT2D eigenvalue weighted by Gasteiger charge is -2.13. The number of unbranched alkanes of at least 4 members (excludes halogenated alkanes) is 2. The fraction of sp³-hybridized carbons (Fsp3) is 0.500. The molecule has 1 heterocycles. The maximum absolute atomic E-state index is 12.0. The van der Waals surface area contributed by atoms with Gasteiger partial charge in [-0.25, -0.2) is 4.98 Å². The number of hydrogen-bond acceptors (Lipinski definition) is 3. The van der Waals surface area contributed by atoms with E-state index in [1.54, 1.807) is 18.3 Å². The summed E-state index contributed by atoms with van der Waals surface area (Å²) < 4.78 is 0. The topological polar surface area (TPSA) is 68.0 Å². The zero-order chi connectivity index (χ0) is 14.8. The van der Waals surface area contributed by atoms with Gasteiger partial charge in [0.15, 0.2) is 0 Å². The van der Waals surface area contributed by atoms with Crippen LogP contribution in [0.5, 0.6) is 0 Å². The van der Waals surface area contributed by atoms with E-state index >= 15 is 0 Å². The van der Waals surface area contributed by atoms with Crippen LogP contribution in [-0.2, 0) is 0 Å². The number of nitrogens with two attached hydrogens (primary N) is 1. The van der Waals surface area contributed by atoms with Crippen molar-refractivity contribution in [2.45, 2.75) is 45.6 Å². The van der Waals surface area contributed by atoms with Crippen LogP contribution >= 0.6 is 0 Å². The Balaban J connectivity index is 2.50. The monoisotopic (exact) mass is 273 g/mol. The van der Waals surface area contributed by atoms with Crippen molar-refractivity contribution in [1.29, 1.82) is 0 Å². The molecule has 0 saturated carbocycles. The minimum Gasteiger partial charge on any atom is -0.348 e. The van der Waals surface area contributed by atoms with Crippen molar-refractivity contribution in [1.82, 2.24) is 10.3 Å². The van der Waals surface area contributed by atoms with Crippen molar-refractivity contribution in [3.8, 4) is 11.8 Å². The van der Waals surface area contributed by atoms with Gasteiger partial charge in [0.25, 0.3) is 5.91 Å². The average molecular weight is 273 g/mol. The molecule has 0 aliphatic rings. The van der Waals surface area contributed by atoms with Crippen LogP contribution in [0.25, 0.3) is 0 Å². The quantitative estimate of drug-likeness (QED) is 0.616. The molecule has 0 spiro atoms. The maximum Gasteiger partial charge on any atom is 0.270 e. The Bertz CT molecular complexity index is 471. The number of nitrogens with zero attached hydrogens (tertiary/aromatic N) is 1. The molecule has 0 saturated heterocycles. The number of rotatable bonds is 6. The van der Waals surface area contributed by atoms with Gasteiger partial charge >= 0.3 is 0 Å². The summed E-state index contributed by atoms with van der Waals surface area (Å²) >= 11 is 0. The van der Waals surface area contributed by atoms with Gasteiger partial charge in [-0.05, 0) is 25.5 Å². The first-order valence-electron chi connectivity index (χ1n) is 7.13. The Labute approximate surface area is 121 Å². The van der Waals surface area contributed by atoms with Gasteiger partial charge in [-0.2, -0.15) is 0 Å². The fourth-order valence-electron chi connectivity index (χ4n) is 1.83. The fourth-order valence-corrected chi connectivity index (χ4v) is 1.83. The first-order chi connectivity index (χ1) is 9.67. The summed E-state index contributed by atoms with van der Waals surface area (Å²) in [5.74, 6) is 5.50. The van der Waals surface area contributed by atoms with Crippen molar-refractivity contribution in [2.75, 3.05) is 6.54 Å². The van der Waals surface area contributed by atoms with Crippen LogP contribution in [-0.4, -0.2) is 23.5 Å². The predicted octanol–water partition coefficient (Wildman–Crippen LogP) is 2.09. The van der Waals surface area contributed by atoms with Gasteiger partial charge in [0.1, 0.15) is 5.69 Å². The molecule has 4 nitrogen and oxygen atoms in total. The highest BCUT2D eigenvalue weighted by Crippen LogP contribution is 2.04. The first kappa shape index (κ1) is 16.2. The highest BCUT2D eigenvalue weighted by Gasteiger charge is 2.10. The number of hydrogen-bond donors (Lipinski definition) is 2. The smallest absolute Gasteiger partial charge is 0.270 e. The molecule has 0 aliphatic heterocycles. The van der Waals surface area contributed by atoms with Crippen molar-refractivity contribution in [3.63, 3.8) is 0 Å². The third-order valence-corrected chi connectivity index (χ3v) is 2.95. The Morgan fingerprint density at radius 1 is 1.45 bits per heavy atom. The van der Waals surface area contributed by atoms with Crippen molar-refractivity contribution in [2.24, 2.45) is 5.73 Å². The standard InChI is InChI=1S/C16H23N3O/c1-3-4-5-7-13(2)19-16(20)15-10-9-14(12-18-15)8-6-11-17/h9-10,12-13H,3-5,7,11,17H2,1-2H3,(H,19,20). The Hall–Kier alpha value is -1.86. The second-order valence-electron chi connectivity index (χ2n) is 4.81. The normalized spacial score (nSPS) is 11.3. The number of aromatic nitrogens is 1. The molecule has 0 aromatic carbocycles. The van der Waals surface area contributed by atoms with Gasteiger partial charge in [0.05, 0.1) is 6.54 Å². The molecule has 1 amide bonds. The van der Waals surface area contributed by atoms with Crippen LogP contribution in [0.4, 0.5) is 0 Å². The number of nitrogens with one attached hydrogen (secondary N) is 1. The molecule has 1 aromatic rings. The van der Waals surface area contributed by atoms with E-state index in [4.69, 9.17) is 5.73 Å². The minimum atomic E-state index is -0.132. The lowest BCUT2D eigenvalue weighted by molar-refractivity contribution is 0.0933. The molecule has 0 fully saturated rings. The van der Waals surface area contributed by atoms with Gasteiger partial charge in [-0.15, -0.1) is 0 Å². The molecule has 1 aromatic heterocycles. The molecule has 3 N–H and O–H groups in total. The van der Waals surface area contributed by atoms with Gasteiger partial charge in [-0.3, -0.25) is 4.79 Å². The first-order valence-corrected chi connectivity index (χ1v) is 7.13. The number of carbonyl (C=O) groups excluding carboxylic acids is 1. The van der Waals surface area contributed by atoms with Gasteiger partial charge in [0.2, 0.25) is 0 Å². The summed E-state index contributed by atoms with van der Waals surface area (Å²) in [5.41, 5.74) is 6.49. The highest BCUT2D eigenvalue weighted by atomic mass is 16.1. The molecule has 108 valence electrons. The Kier molecular flexibility index (Phi) is 7.38. The van der Waals surface area contributed by atoms with Crippen LogP contribution in [0, 0.1) is 11.8 Å². The summed E-state index contributed by atoms with van der Waals surface area (Å²) in [7, 11) is 0. The Morgan fingerprint density at radius 2 is 2.25 bits per heavy atom. The molecule has 4 heteroatoms. The summed E-state index contributed by atoms with van der Waals surface area (Å²) in [6.45, 7) is 4.51. The van der Waals surface area contributed by atoms with E-state index < -0.39 is 0 Å². The van der Waals surface area contributed by atoms with Crippen molar-refractivity contribution >= 4 is 5.91 Å². The highest BCUT2D eigenvalue weighted by molar-refractivity contribution is 5.92. The van der Waals surface area contributed by atoms with E-state index in [2.05, 4.69) is 29.1 Å². The van der Waals surface area contributed by atoms with E-state index in [9.17, 15) is 4.79 Å². The number of pyridine rings is 1. The van der Waals surface area contributed by atoms with Crippen molar-refractivity contribution in [3.05, 3.63) is 29.6 Å². The van der Waals surface area contributed by atoms with E-state index in [0.717, 1.165) is 18.4 Å². The van der Waals surface area contributed by atoms with Gasteiger partial charge in [-0.1, -0.05) is 38.0 Å². The second kappa shape index (κ2) is 9.11. The number of carbonyl (C=O) groups is 1. The lowest BCUT2D eigenvalue weighted by Crippen LogP contribution is -2.33. The minimum absolute atomic E-state index is 0.132. The zero-order valence-electron chi connectivity index (χ0n) is 12.3. The molecule has 0 aliphatic carbocycles. The van der Waals surface area contributed by atoms with Crippen molar-refractivity contribution < 1.29 is 4.79 Å². The van der Waals surface area contributed by atoms with Crippen LogP contribution in [0.1, 0.15) is 55.6 Å². The third kappa shape index (κ3) is 5.85.